The van der Waals surface area contributed by atoms with E-state index in [-0.39, 0.29) is 6.73 Å². The molecule has 0 aliphatic rings. The highest BCUT2D eigenvalue weighted by Crippen LogP contribution is 1.98. The Balaban J connectivity index is 2.20. The van der Waals surface area contributed by atoms with Gasteiger partial charge in [0, 0.05) is 32.0 Å². The van der Waals surface area contributed by atoms with Crippen LogP contribution in [0.5, 0.6) is 0 Å². The molecule has 0 fully saturated rings. The number of hydrogen-bond acceptors (Lipinski definition) is 5. The molecule has 0 aliphatic heterocycles. The van der Waals surface area contributed by atoms with Crippen molar-refractivity contribution in [2.75, 3.05) is 27.1 Å². The third-order valence-electron chi connectivity index (χ3n) is 2.35. The van der Waals surface area contributed by atoms with Crippen molar-refractivity contribution in [2.45, 2.75) is 18.9 Å². The van der Waals surface area contributed by atoms with Crippen LogP contribution in [0.1, 0.15) is 12.1 Å². The summed E-state index contributed by atoms with van der Waals surface area (Å²) in [6.07, 6.45) is 4.26. The first-order valence-corrected chi connectivity index (χ1v) is 5.74. The molecule has 0 saturated heterocycles. The number of H-pyrrole nitrogens is 1. The average molecular weight is 257 g/mol. The number of nitrogens with zero attached hydrogens (tertiary/aromatic N) is 1. The molecular weight excluding hydrogens is 238 g/mol. The van der Waals surface area contributed by atoms with Gasteiger partial charge >= 0.3 is 5.97 Å². The first kappa shape index (κ1) is 14.6. The standard InChI is InChI=1S/C11H19N3O4/c1-17-3-2-4-18-8-14-10(11(15)16)5-9-6-12-7-13-9/h6-7,10,14H,2-5,8H2,1H3,(H,12,13)(H,15,16)/t10-/m0/s1. The van der Waals surface area contributed by atoms with Gasteiger partial charge in [0.1, 0.15) is 6.04 Å². The Morgan fingerprint density at radius 1 is 1.61 bits per heavy atom. The molecule has 0 spiro atoms. The topological polar surface area (TPSA) is 96.5 Å². The number of methoxy groups -OCH3 is 1. The number of imidazole rings is 1. The lowest BCUT2D eigenvalue weighted by molar-refractivity contribution is -0.140. The summed E-state index contributed by atoms with van der Waals surface area (Å²) in [5.74, 6) is -0.912. The molecule has 102 valence electrons. The highest BCUT2D eigenvalue weighted by atomic mass is 16.5. The van der Waals surface area contributed by atoms with Gasteiger partial charge in [-0.2, -0.15) is 0 Å². The van der Waals surface area contributed by atoms with Crippen LogP contribution in [0.4, 0.5) is 0 Å². The molecule has 0 saturated carbocycles. The predicted octanol–water partition coefficient (Wildman–Crippen LogP) is 0.00560. The van der Waals surface area contributed by atoms with Gasteiger partial charge in [0.15, 0.2) is 0 Å². The fourth-order valence-electron chi connectivity index (χ4n) is 1.40. The van der Waals surface area contributed by atoms with Gasteiger partial charge in [0.05, 0.1) is 19.7 Å². The number of hydrogen-bond donors (Lipinski definition) is 3. The number of aromatic nitrogens is 2. The Bertz CT molecular complexity index is 329. The third kappa shape index (κ3) is 5.76. The quantitative estimate of drug-likeness (QED) is 0.403. The molecule has 0 bridgehead atoms. The third-order valence-corrected chi connectivity index (χ3v) is 2.35. The van der Waals surface area contributed by atoms with E-state index in [1.165, 1.54) is 6.33 Å². The minimum absolute atomic E-state index is 0.203. The van der Waals surface area contributed by atoms with Gasteiger partial charge in [-0.25, -0.2) is 4.98 Å². The second-order valence-corrected chi connectivity index (χ2v) is 3.77. The zero-order valence-electron chi connectivity index (χ0n) is 10.4. The molecule has 3 N–H and O–H groups in total. The van der Waals surface area contributed by atoms with Gasteiger partial charge in [-0.05, 0) is 6.42 Å². The second kappa shape index (κ2) is 8.62. The van der Waals surface area contributed by atoms with Crippen LogP contribution in [0.3, 0.4) is 0 Å². The molecule has 0 aliphatic carbocycles. The van der Waals surface area contributed by atoms with Crippen LogP contribution in [0.25, 0.3) is 0 Å². The summed E-state index contributed by atoms with van der Waals surface area (Å²) in [5, 5.41) is 11.9. The van der Waals surface area contributed by atoms with Crippen molar-refractivity contribution in [3.05, 3.63) is 18.2 Å². The number of nitrogens with one attached hydrogen (secondary N) is 2. The zero-order chi connectivity index (χ0) is 13.2. The van der Waals surface area contributed by atoms with Crippen LogP contribution in [0.2, 0.25) is 0 Å². The summed E-state index contributed by atoms with van der Waals surface area (Å²) in [6.45, 7) is 1.38. The fourth-order valence-corrected chi connectivity index (χ4v) is 1.40. The van der Waals surface area contributed by atoms with E-state index in [2.05, 4.69) is 15.3 Å². The van der Waals surface area contributed by atoms with Crippen LogP contribution in [-0.4, -0.2) is 54.1 Å². The maximum absolute atomic E-state index is 11.0. The van der Waals surface area contributed by atoms with Gasteiger partial charge in [-0.1, -0.05) is 0 Å². The molecule has 7 nitrogen and oxygen atoms in total. The van der Waals surface area contributed by atoms with Crippen LogP contribution >= 0.6 is 0 Å². The van der Waals surface area contributed by atoms with Crippen molar-refractivity contribution in [1.29, 1.82) is 0 Å². The second-order valence-electron chi connectivity index (χ2n) is 3.77. The minimum atomic E-state index is -0.912. The van der Waals surface area contributed by atoms with E-state index < -0.39 is 12.0 Å². The molecular formula is C11H19N3O4. The van der Waals surface area contributed by atoms with Crippen LogP contribution < -0.4 is 5.32 Å². The Morgan fingerprint density at radius 3 is 3.06 bits per heavy atom. The van der Waals surface area contributed by atoms with Crippen molar-refractivity contribution in [3.8, 4) is 0 Å². The highest BCUT2D eigenvalue weighted by Gasteiger charge is 2.17. The number of rotatable bonds is 10. The lowest BCUT2D eigenvalue weighted by atomic mass is 10.2. The molecule has 1 heterocycles. The Labute approximate surface area is 106 Å². The van der Waals surface area contributed by atoms with Gasteiger partial charge in [0.25, 0.3) is 0 Å². The van der Waals surface area contributed by atoms with Crippen molar-refractivity contribution in [3.63, 3.8) is 0 Å². The maximum atomic E-state index is 11.0. The van der Waals surface area contributed by atoms with Crippen molar-refractivity contribution < 1.29 is 19.4 Å². The zero-order valence-corrected chi connectivity index (χ0v) is 10.4. The summed E-state index contributed by atoms with van der Waals surface area (Å²) in [5.41, 5.74) is 0.772. The Kier molecular flexibility index (Phi) is 7.00. The number of carboxylic acid groups (broad SMARTS) is 1. The average Bonchev–Trinajstić information content (AvgIpc) is 2.84. The largest absolute Gasteiger partial charge is 0.480 e. The molecule has 1 aromatic heterocycles. The molecule has 18 heavy (non-hydrogen) atoms. The first-order chi connectivity index (χ1) is 8.74. The minimum Gasteiger partial charge on any atom is -0.480 e. The van der Waals surface area contributed by atoms with Gasteiger partial charge in [0.2, 0.25) is 0 Å². The summed E-state index contributed by atoms with van der Waals surface area (Å²) in [7, 11) is 1.63. The van der Waals surface area contributed by atoms with Crippen LogP contribution in [-0.2, 0) is 20.7 Å². The molecule has 0 aromatic carbocycles. The smallest absolute Gasteiger partial charge is 0.321 e. The molecule has 7 heteroatoms. The van der Waals surface area contributed by atoms with E-state index in [1.807, 2.05) is 0 Å². The Morgan fingerprint density at radius 2 is 2.44 bits per heavy atom. The fraction of sp³-hybridized carbons (Fsp3) is 0.636. The number of aromatic amines is 1. The normalized spacial score (nSPS) is 12.5. The number of carbonyl (C=O) groups is 1. The molecule has 1 aromatic rings. The van der Waals surface area contributed by atoms with Gasteiger partial charge in [-0.3, -0.25) is 10.1 Å². The van der Waals surface area contributed by atoms with E-state index >= 15 is 0 Å². The Hall–Kier alpha value is -1.44. The highest BCUT2D eigenvalue weighted by molar-refractivity contribution is 5.73. The predicted molar refractivity (Wildman–Crippen MR) is 64.2 cm³/mol. The number of ether oxygens (including phenoxy) is 2. The molecule has 0 radical (unpaired) electrons. The molecule has 1 atom stereocenters. The lowest BCUT2D eigenvalue weighted by Gasteiger charge is -2.13. The van der Waals surface area contributed by atoms with E-state index in [0.717, 1.165) is 12.1 Å². The monoisotopic (exact) mass is 257 g/mol. The van der Waals surface area contributed by atoms with Gasteiger partial charge in [-0.15, -0.1) is 0 Å². The summed E-state index contributed by atoms with van der Waals surface area (Å²) >= 11 is 0. The SMILES string of the molecule is COCCCOCN[C@@H](Cc1cnc[nH]1)C(=O)O. The van der Waals surface area contributed by atoms with E-state index in [9.17, 15) is 4.79 Å². The van der Waals surface area contributed by atoms with Crippen LogP contribution in [0.15, 0.2) is 12.5 Å². The summed E-state index contributed by atoms with van der Waals surface area (Å²) < 4.78 is 10.1. The number of aliphatic carboxylic acids is 1. The molecule has 0 unspecified atom stereocenters. The van der Waals surface area contributed by atoms with E-state index in [1.54, 1.807) is 13.3 Å². The molecule has 0 amide bonds. The summed E-state index contributed by atoms with van der Waals surface area (Å²) in [4.78, 5) is 17.7. The molecule has 1 rings (SSSR count). The maximum Gasteiger partial charge on any atom is 0.321 e. The van der Waals surface area contributed by atoms with E-state index in [4.69, 9.17) is 14.6 Å². The first-order valence-electron chi connectivity index (χ1n) is 5.74. The van der Waals surface area contributed by atoms with Crippen LogP contribution in [0, 0.1) is 0 Å². The van der Waals surface area contributed by atoms with Crippen molar-refractivity contribution >= 4 is 5.97 Å². The van der Waals surface area contributed by atoms with E-state index in [0.29, 0.717) is 19.6 Å². The van der Waals surface area contributed by atoms with Crippen molar-refractivity contribution in [2.24, 2.45) is 0 Å². The summed E-state index contributed by atoms with van der Waals surface area (Å²) in [6, 6.07) is -0.687. The van der Waals surface area contributed by atoms with Gasteiger partial charge < -0.3 is 19.6 Å². The number of carboxylic acids is 1. The van der Waals surface area contributed by atoms with Crippen molar-refractivity contribution in [1.82, 2.24) is 15.3 Å². The lowest BCUT2D eigenvalue weighted by Crippen LogP contribution is -2.40.